The zero-order valence-corrected chi connectivity index (χ0v) is 9.11. The third kappa shape index (κ3) is 4.59. The van der Waals surface area contributed by atoms with Crippen molar-refractivity contribution in [2.75, 3.05) is 33.5 Å². The summed E-state index contributed by atoms with van der Waals surface area (Å²) in [5, 5.41) is 0. The van der Waals surface area contributed by atoms with Crippen LogP contribution in [0.25, 0.3) is 0 Å². The zero-order valence-electron chi connectivity index (χ0n) is 9.11. The highest BCUT2D eigenvalue weighted by atomic mass is 16.5. The lowest BCUT2D eigenvalue weighted by Gasteiger charge is -2.13. The van der Waals surface area contributed by atoms with Gasteiger partial charge >= 0.3 is 5.97 Å². The summed E-state index contributed by atoms with van der Waals surface area (Å²) < 4.78 is 15.3. The van der Waals surface area contributed by atoms with Crippen molar-refractivity contribution < 1.29 is 19.0 Å². The summed E-state index contributed by atoms with van der Waals surface area (Å²) in [5.41, 5.74) is 5.40. The Balaban J connectivity index is 2.11. The molecule has 2 unspecified atom stereocenters. The molecule has 2 N–H and O–H groups in total. The van der Waals surface area contributed by atoms with Gasteiger partial charge in [-0.2, -0.15) is 0 Å². The highest BCUT2D eigenvalue weighted by Gasteiger charge is 2.19. The molecule has 1 heterocycles. The molecular weight excluding hydrogens is 198 g/mol. The lowest BCUT2D eigenvalue weighted by atomic mass is 10.1. The van der Waals surface area contributed by atoms with Crippen LogP contribution in [-0.2, 0) is 19.0 Å². The monoisotopic (exact) mass is 217 g/mol. The van der Waals surface area contributed by atoms with Crippen molar-refractivity contribution in [3.05, 3.63) is 0 Å². The fourth-order valence-electron chi connectivity index (χ4n) is 1.43. The largest absolute Gasteiger partial charge is 0.465 e. The van der Waals surface area contributed by atoms with E-state index < -0.39 is 0 Å². The maximum atomic E-state index is 11.3. The molecule has 0 aromatic carbocycles. The molecule has 2 atom stereocenters. The molecule has 15 heavy (non-hydrogen) atoms. The summed E-state index contributed by atoms with van der Waals surface area (Å²) in [7, 11) is 1.54. The molecule has 0 aromatic heterocycles. The van der Waals surface area contributed by atoms with Crippen LogP contribution in [0.2, 0.25) is 0 Å². The van der Waals surface area contributed by atoms with Crippen LogP contribution in [0.4, 0.5) is 0 Å². The first-order valence-electron chi connectivity index (χ1n) is 5.22. The summed E-state index contributed by atoms with van der Waals surface area (Å²) in [6.07, 6.45) is 0.954. The molecule has 1 aliphatic heterocycles. The Hall–Kier alpha value is -0.650. The van der Waals surface area contributed by atoms with Crippen LogP contribution in [0, 0.1) is 5.92 Å². The average Bonchev–Trinajstić information content (AvgIpc) is 2.75. The van der Waals surface area contributed by atoms with Gasteiger partial charge in [0.15, 0.2) is 0 Å². The van der Waals surface area contributed by atoms with Crippen LogP contribution >= 0.6 is 0 Å². The van der Waals surface area contributed by atoms with Crippen LogP contribution in [0.1, 0.15) is 12.8 Å². The third-order valence-electron chi connectivity index (χ3n) is 2.49. The minimum Gasteiger partial charge on any atom is -0.465 e. The Morgan fingerprint density at radius 1 is 1.67 bits per heavy atom. The van der Waals surface area contributed by atoms with Gasteiger partial charge in [-0.05, 0) is 6.42 Å². The van der Waals surface area contributed by atoms with Crippen LogP contribution in [-0.4, -0.2) is 45.5 Å². The Morgan fingerprint density at radius 3 is 3.00 bits per heavy atom. The Kier molecular flexibility index (Phi) is 5.60. The molecule has 0 amide bonds. The molecule has 0 aromatic rings. The first-order chi connectivity index (χ1) is 7.26. The number of carbonyl (C=O) groups excluding carboxylic acids is 1. The van der Waals surface area contributed by atoms with Gasteiger partial charge in [-0.1, -0.05) is 0 Å². The topological polar surface area (TPSA) is 70.8 Å². The fraction of sp³-hybridized carbons (Fsp3) is 0.900. The number of nitrogens with two attached hydrogens (primary N) is 1. The molecule has 1 saturated heterocycles. The quantitative estimate of drug-likeness (QED) is 0.631. The Labute approximate surface area is 89.9 Å². The second-order valence-electron chi connectivity index (χ2n) is 3.71. The molecule has 1 aliphatic rings. The smallest absolute Gasteiger partial charge is 0.308 e. The molecule has 88 valence electrons. The molecule has 0 saturated carbocycles. The fourth-order valence-corrected chi connectivity index (χ4v) is 1.43. The summed E-state index contributed by atoms with van der Waals surface area (Å²) in [4.78, 5) is 11.3. The number of hydrogen-bond acceptors (Lipinski definition) is 5. The minimum absolute atomic E-state index is 0.223. The summed E-state index contributed by atoms with van der Waals surface area (Å²) in [6, 6.07) is 0. The molecule has 0 radical (unpaired) electrons. The van der Waals surface area contributed by atoms with E-state index in [1.165, 1.54) is 7.11 Å². The van der Waals surface area contributed by atoms with Crippen LogP contribution < -0.4 is 5.73 Å². The molecular formula is C10H19NO4. The molecule has 1 rings (SSSR count). The highest BCUT2D eigenvalue weighted by molar-refractivity contribution is 5.70. The lowest BCUT2D eigenvalue weighted by molar-refractivity contribution is -0.147. The van der Waals surface area contributed by atoms with Crippen molar-refractivity contribution in [2.24, 2.45) is 11.7 Å². The van der Waals surface area contributed by atoms with Gasteiger partial charge in [-0.25, -0.2) is 0 Å². The van der Waals surface area contributed by atoms with Crippen LogP contribution in [0.3, 0.4) is 0 Å². The van der Waals surface area contributed by atoms with Gasteiger partial charge in [0.2, 0.25) is 0 Å². The van der Waals surface area contributed by atoms with Gasteiger partial charge in [0, 0.05) is 26.2 Å². The standard InChI is InChI=1S/C10H19NO4/c1-13-9(5-11)4-10(12)15-7-8-2-3-14-6-8/h8-9H,2-7,11H2,1H3. The zero-order chi connectivity index (χ0) is 11.1. The number of carbonyl (C=O) groups is 1. The van der Waals surface area contributed by atoms with E-state index in [0.29, 0.717) is 25.7 Å². The van der Waals surface area contributed by atoms with Crippen molar-refractivity contribution >= 4 is 5.97 Å². The van der Waals surface area contributed by atoms with Crippen LogP contribution in [0.5, 0.6) is 0 Å². The molecule has 0 aliphatic carbocycles. The summed E-state index contributed by atoms with van der Waals surface area (Å²) >= 11 is 0. The van der Waals surface area contributed by atoms with E-state index >= 15 is 0 Å². The SMILES string of the molecule is COC(CN)CC(=O)OCC1CCOC1. The second-order valence-corrected chi connectivity index (χ2v) is 3.71. The predicted molar refractivity (Wildman–Crippen MR) is 54.4 cm³/mol. The van der Waals surface area contributed by atoms with E-state index in [-0.39, 0.29) is 18.5 Å². The highest BCUT2D eigenvalue weighted by Crippen LogP contribution is 2.12. The van der Waals surface area contributed by atoms with E-state index in [1.807, 2.05) is 0 Å². The van der Waals surface area contributed by atoms with Gasteiger partial charge < -0.3 is 19.9 Å². The van der Waals surface area contributed by atoms with Crippen molar-refractivity contribution in [3.63, 3.8) is 0 Å². The Bertz CT molecular complexity index is 188. The molecule has 5 heteroatoms. The van der Waals surface area contributed by atoms with Crippen molar-refractivity contribution in [3.8, 4) is 0 Å². The number of hydrogen-bond donors (Lipinski definition) is 1. The second kappa shape index (κ2) is 6.76. The maximum absolute atomic E-state index is 11.3. The van der Waals surface area contributed by atoms with E-state index in [4.69, 9.17) is 19.9 Å². The van der Waals surface area contributed by atoms with E-state index in [2.05, 4.69) is 0 Å². The minimum atomic E-state index is -0.251. The Morgan fingerprint density at radius 2 is 2.47 bits per heavy atom. The summed E-state index contributed by atoms with van der Waals surface area (Å²) in [5.74, 6) is 0.104. The van der Waals surface area contributed by atoms with E-state index in [0.717, 1.165) is 13.0 Å². The maximum Gasteiger partial charge on any atom is 0.308 e. The van der Waals surface area contributed by atoms with Gasteiger partial charge in [-0.3, -0.25) is 4.79 Å². The van der Waals surface area contributed by atoms with Crippen molar-refractivity contribution in [2.45, 2.75) is 18.9 Å². The van der Waals surface area contributed by atoms with Gasteiger partial charge in [0.1, 0.15) is 0 Å². The molecule has 1 fully saturated rings. The van der Waals surface area contributed by atoms with Gasteiger partial charge in [0.05, 0.1) is 25.7 Å². The van der Waals surface area contributed by atoms with Gasteiger partial charge in [0.25, 0.3) is 0 Å². The molecule has 5 nitrogen and oxygen atoms in total. The van der Waals surface area contributed by atoms with Crippen LogP contribution in [0.15, 0.2) is 0 Å². The first kappa shape index (κ1) is 12.4. The number of ether oxygens (including phenoxy) is 3. The van der Waals surface area contributed by atoms with Crippen molar-refractivity contribution in [1.82, 2.24) is 0 Å². The van der Waals surface area contributed by atoms with E-state index in [1.54, 1.807) is 0 Å². The van der Waals surface area contributed by atoms with Crippen molar-refractivity contribution in [1.29, 1.82) is 0 Å². The van der Waals surface area contributed by atoms with Gasteiger partial charge in [-0.15, -0.1) is 0 Å². The number of rotatable bonds is 6. The average molecular weight is 217 g/mol. The first-order valence-corrected chi connectivity index (χ1v) is 5.22. The predicted octanol–water partition coefficient (Wildman–Crippen LogP) is -0.0701. The lowest BCUT2D eigenvalue weighted by Crippen LogP contribution is -2.27. The normalized spacial score (nSPS) is 22.7. The van der Waals surface area contributed by atoms with E-state index in [9.17, 15) is 4.79 Å². The molecule has 0 spiro atoms. The third-order valence-corrected chi connectivity index (χ3v) is 2.49. The number of esters is 1. The number of methoxy groups -OCH3 is 1. The molecule has 0 bridgehead atoms. The summed E-state index contributed by atoms with van der Waals surface area (Å²) in [6.45, 7) is 2.24.